The molecule has 0 bridgehead atoms. The zero-order chi connectivity index (χ0) is 22.1. The molecule has 0 unspecified atom stereocenters. The quantitative estimate of drug-likeness (QED) is 0.484. The van der Waals surface area contributed by atoms with E-state index in [-0.39, 0.29) is 5.88 Å². The summed E-state index contributed by atoms with van der Waals surface area (Å²) >= 11 is 0. The molecule has 7 heteroatoms. The summed E-state index contributed by atoms with van der Waals surface area (Å²) in [5, 5.41) is 11.7. The van der Waals surface area contributed by atoms with Crippen LogP contribution in [0.3, 0.4) is 0 Å². The van der Waals surface area contributed by atoms with Crippen molar-refractivity contribution in [3.63, 3.8) is 0 Å². The smallest absolute Gasteiger partial charge is 0.199 e. The van der Waals surface area contributed by atoms with Gasteiger partial charge in [0.1, 0.15) is 5.82 Å². The molecule has 1 fully saturated rings. The van der Waals surface area contributed by atoms with Gasteiger partial charge in [0, 0.05) is 55.0 Å². The Kier molecular flexibility index (Phi) is 5.33. The normalized spacial score (nSPS) is 15.4. The number of aliphatic imine (C=N–C) groups is 1. The number of benzene rings is 1. The molecule has 1 aliphatic heterocycles. The maximum Gasteiger partial charge on any atom is 0.199 e. The van der Waals surface area contributed by atoms with Gasteiger partial charge in [-0.3, -0.25) is 4.98 Å². The van der Waals surface area contributed by atoms with Crippen LogP contribution < -0.4 is 4.90 Å². The number of nitrogens with zero attached hydrogens (tertiary/aromatic N) is 5. The van der Waals surface area contributed by atoms with E-state index in [0.717, 1.165) is 59.7 Å². The van der Waals surface area contributed by atoms with Gasteiger partial charge in [-0.15, -0.1) is 0 Å². The number of aryl methyl sites for hydroxylation is 1. The number of anilines is 1. The Hall–Kier alpha value is -3.71. The van der Waals surface area contributed by atoms with E-state index in [1.54, 1.807) is 18.6 Å². The van der Waals surface area contributed by atoms with Crippen molar-refractivity contribution in [3.05, 3.63) is 77.7 Å². The van der Waals surface area contributed by atoms with Gasteiger partial charge in [-0.05, 0) is 49.9 Å². The van der Waals surface area contributed by atoms with E-state index in [1.165, 1.54) is 0 Å². The Morgan fingerprint density at radius 2 is 1.91 bits per heavy atom. The van der Waals surface area contributed by atoms with Gasteiger partial charge in [0.2, 0.25) is 0 Å². The largest absolute Gasteiger partial charge is 0.494 e. The van der Waals surface area contributed by atoms with Crippen molar-refractivity contribution in [1.29, 1.82) is 0 Å². The lowest BCUT2D eigenvalue weighted by atomic mass is 10.0. The van der Waals surface area contributed by atoms with Gasteiger partial charge in [-0.25, -0.2) is 9.98 Å². The van der Waals surface area contributed by atoms with Crippen molar-refractivity contribution < 1.29 is 5.11 Å². The second-order valence-corrected chi connectivity index (χ2v) is 8.26. The minimum Gasteiger partial charge on any atom is -0.494 e. The molecule has 1 saturated heterocycles. The number of likely N-dealkylation sites (N-methyl/N-ethyl adjacent to an activating group) is 1. The molecule has 1 aromatic carbocycles. The summed E-state index contributed by atoms with van der Waals surface area (Å²) in [6, 6.07) is 13.9. The van der Waals surface area contributed by atoms with Gasteiger partial charge in [0.25, 0.3) is 0 Å². The van der Waals surface area contributed by atoms with Crippen LogP contribution >= 0.6 is 0 Å². The average molecular weight is 427 g/mol. The highest BCUT2D eigenvalue weighted by atomic mass is 16.3. The highest BCUT2D eigenvalue weighted by Crippen LogP contribution is 2.32. The monoisotopic (exact) mass is 426 g/mol. The zero-order valence-corrected chi connectivity index (χ0v) is 18.3. The first-order valence-corrected chi connectivity index (χ1v) is 10.8. The van der Waals surface area contributed by atoms with Gasteiger partial charge in [-0.1, -0.05) is 12.1 Å². The number of aromatic hydroxyl groups is 1. The molecule has 5 rings (SSSR count). The van der Waals surface area contributed by atoms with Crippen molar-refractivity contribution >= 4 is 28.1 Å². The minimum absolute atomic E-state index is 0.0928. The van der Waals surface area contributed by atoms with Crippen molar-refractivity contribution in [2.75, 3.05) is 38.1 Å². The molecule has 3 aromatic heterocycles. The minimum atomic E-state index is 0.0928. The fourth-order valence-corrected chi connectivity index (χ4v) is 4.10. The lowest BCUT2D eigenvalue weighted by molar-refractivity contribution is 0.312. The second kappa shape index (κ2) is 8.43. The summed E-state index contributed by atoms with van der Waals surface area (Å²) in [6.07, 6.45) is 5.28. The van der Waals surface area contributed by atoms with Crippen LogP contribution in [0.25, 0.3) is 10.9 Å². The summed E-state index contributed by atoms with van der Waals surface area (Å²) in [6.45, 7) is 6.03. The van der Waals surface area contributed by atoms with Crippen molar-refractivity contribution in [2.45, 2.75) is 6.92 Å². The third-order valence-corrected chi connectivity index (χ3v) is 5.91. The first-order valence-electron chi connectivity index (χ1n) is 10.8. The summed E-state index contributed by atoms with van der Waals surface area (Å²) < 4.78 is 0. The fraction of sp³-hybridized carbons (Fsp3) is 0.240. The van der Waals surface area contributed by atoms with Crippen LogP contribution in [-0.4, -0.2) is 63.9 Å². The third-order valence-electron chi connectivity index (χ3n) is 5.91. The van der Waals surface area contributed by atoms with E-state index in [2.05, 4.69) is 31.8 Å². The first-order chi connectivity index (χ1) is 15.6. The van der Waals surface area contributed by atoms with Crippen LogP contribution in [0.4, 0.5) is 11.5 Å². The molecule has 32 heavy (non-hydrogen) atoms. The number of fused-ring (bicyclic) bond motifs is 1. The molecule has 4 heterocycles. The zero-order valence-electron chi connectivity index (χ0n) is 18.3. The maximum atomic E-state index is 10.8. The Labute approximate surface area is 187 Å². The first kappa shape index (κ1) is 20.2. The molecule has 0 atom stereocenters. The van der Waals surface area contributed by atoms with Gasteiger partial charge in [0.05, 0.1) is 23.2 Å². The topological polar surface area (TPSA) is 80.6 Å². The molecule has 7 nitrogen and oxygen atoms in total. The lowest BCUT2D eigenvalue weighted by Gasteiger charge is -2.33. The number of piperazine rings is 1. The van der Waals surface area contributed by atoms with Crippen LogP contribution in [0.1, 0.15) is 16.7 Å². The van der Waals surface area contributed by atoms with Gasteiger partial charge < -0.3 is 19.9 Å². The summed E-state index contributed by atoms with van der Waals surface area (Å²) in [7, 11) is 2.14. The molecular weight excluding hydrogens is 400 g/mol. The van der Waals surface area contributed by atoms with Crippen molar-refractivity contribution in [2.24, 2.45) is 4.99 Å². The predicted molar refractivity (Wildman–Crippen MR) is 128 cm³/mol. The second-order valence-electron chi connectivity index (χ2n) is 8.26. The highest BCUT2D eigenvalue weighted by molar-refractivity contribution is 6.21. The number of H-pyrrole nitrogens is 1. The summed E-state index contributed by atoms with van der Waals surface area (Å²) in [5.74, 6) is 1.06. The van der Waals surface area contributed by atoms with Gasteiger partial charge >= 0.3 is 0 Å². The lowest BCUT2D eigenvalue weighted by Crippen LogP contribution is -2.44. The molecule has 4 aromatic rings. The van der Waals surface area contributed by atoms with Crippen LogP contribution in [0.15, 0.2) is 66.0 Å². The Morgan fingerprint density at radius 1 is 1.06 bits per heavy atom. The standard InChI is InChI=1S/C25H26N6O/c1-17-5-7-20-21(14-17)29-25(32)23(20)24(18-4-3-9-26-15-18)28-19-6-8-22(27-16-19)31-12-10-30(2)11-13-31/h3-9,14-16,29,32H,10-13H2,1-2H3. The number of hydrogen-bond donors (Lipinski definition) is 2. The Balaban J connectivity index is 1.56. The summed E-state index contributed by atoms with van der Waals surface area (Å²) in [5.41, 5.74) is 4.86. The fourth-order valence-electron chi connectivity index (χ4n) is 4.10. The van der Waals surface area contributed by atoms with Gasteiger partial charge in [0.15, 0.2) is 5.88 Å². The van der Waals surface area contributed by atoms with E-state index < -0.39 is 0 Å². The third kappa shape index (κ3) is 3.94. The highest BCUT2D eigenvalue weighted by Gasteiger charge is 2.19. The Bertz CT molecular complexity index is 1260. The number of hydrogen-bond acceptors (Lipinski definition) is 6. The number of aromatic amines is 1. The SMILES string of the molecule is Cc1ccc2c(C(=Nc3ccc(N4CCN(C)CC4)nc3)c3cccnc3)c(O)[nH]c2c1. The number of nitrogens with one attached hydrogen (secondary N) is 1. The molecule has 0 spiro atoms. The van der Waals surface area contributed by atoms with Crippen molar-refractivity contribution in [3.8, 4) is 5.88 Å². The molecule has 1 aliphatic rings. The number of aromatic nitrogens is 3. The molecule has 0 aliphatic carbocycles. The molecule has 0 saturated carbocycles. The van der Waals surface area contributed by atoms with E-state index in [9.17, 15) is 5.11 Å². The Morgan fingerprint density at radius 3 is 2.62 bits per heavy atom. The molecular formula is C25H26N6O. The molecule has 0 radical (unpaired) electrons. The van der Waals surface area contributed by atoms with Crippen LogP contribution in [0, 0.1) is 6.92 Å². The van der Waals surface area contributed by atoms with Gasteiger partial charge in [-0.2, -0.15) is 0 Å². The number of rotatable bonds is 4. The van der Waals surface area contributed by atoms with Crippen LogP contribution in [0.5, 0.6) is 5.88 Å². The average Bonchev–Trinajstić information content (AvgIpc) is 3.13. The van der Waals surface area contributed by atoms with E-state index in [4.69, 9.17) is 4.99 Å². The van der Waals surface area contributed by atoms with Crippen molar-refractivity contribution in [1.82, 2.24) is 19.9 Å². The number of pyridine rings is 2. The molecule has 0 amide bonds. The predicted octanol–water partition coefficient (Wildman–Crippen LogP) is 3.89. The van der Waals surface area contributed by atoms with E-state index in [1.807, 2.05) is 49.4 Å². The van der Waals surface area contributed by atoms with E-state index >= 15 is 0 Å². The van der Waals surface area contributed by atoms with Crippen LogP contribution in [0.2, 0.25) is 0 Å². The van der Waals surface area contributed by atoms with E-state index in [0.29, 0.717) is 11.3 Å². The maximum absolute atomic E-state index is 10.8. The summed E-state index contributed by atoms with van der Waals surface area (Å²) in [4.78, 5) is 21.5. The molecule has 162 valence electrons. The van der Waals surface area contributed by atoms with Crippen LogP contribution in [-0.2, 0) is 0 Å². The molecule has 2 N–H and O–H groups in total.